The summed E-state index contributed by atoms with van der Waals surface area (Å²) in [6, 6.07) is 14.8. The summed E-state index contributed by atoms with van der Waals surface area (Å²) in [4.78, 5) is 0. The van der Waals surface area contributed by atoms with Crippen molar-refractivity contribution >= 4 is 10.8 Å². The molecule has 0 radical (unpaired) electrons. The van der Waals surface area contributed by atoms with Gasteiger partial charge >= 0.3 is 0 Å². The van der Waals surface area contributed by atoms with Crippen molar-refractivity contribution in [2.75, 3.05) is 6.61 Å². The molecule has 82 valence electrons. The highest BCUT2D eigenvalue weighted by Crippen LogP contribution is 2.32. The number of rotatable bonds is 1. The van der Waals surface area contributed by atoms with Crippen LogP contribution >= 0.6 is 0 Å². The van der Waals surface area contributed by atoms with Gasteiger partial charge in [0.25, 0.3) is 0 Å². The minimum Gasteiger partial charge on any atom is -0.372 e. The molecule has 2 heteroatoms. The minimum atomic E-state index is 0.0612. The number of hydrogen-bond donors (Lipinski definition) is 1. The molecule has 0 aliphatic carbocycles. The lowest BCUT2D eigenvalue weighted by Crippen LogP contribution is -2.23. The largest absolute Gasteiger partial charge is 0.372 e. The minimum absolute atomic E-state index is 0.0612. The highest BCUT2D eigenvalue weighted by atomic mass is 16.5. The van der Waals surface area contributed by atoms with Crippen LogP contribution in [0.5, 0.6) is 0 Å². The zero-order chi connectivity index (χ0) is 11.0. The Kier molecular flexibility index (Phi) is 2.39. The van der Waals surface area contributed by atoms with Crippen molar-refractivity contribution in [2.45, 2.75) is 18.6 Å². The van der Waals surface area contributed by atoms with Crippen molar-refractivity contribution < 1.29 is 4.74 Å². The SMILES string of the molecule is NC1CCOC1c1cccc2ccccc12. The topological polar surface area (TPSA) is 35.2 Å². The van der Waals surface area contributed by atoms with Gasteiger partial charge in [-0.15, -0.1) is 0 Å². The number of nitrogens with two attached hydrogens (primary N) is 1. The molecule has 0 spiro atoms. The van der Waals surface area contributed by atoms with E-state index in [1.165, 1.54) is 16.3 Å². The molecule has 0 saturated carbocycles. The first-order chi connectivity index (χ1) is 7.86. The van der Waals surface area contributed by atoms with Crippen LogP contribution in [0, 0.1) is 0 Å². The number of ether oxygens (including phenoxy) is 1. The molecule has 2 atom stereocenters. The standard InChI is InChI=1S/C14H15NO/c15-13-8-9-16-14(13)12-7-3-5-10-4-1-2-6-11(10)12/h1-7,13-14H,8-9,15H2. The summed E-state index contributed by atoms with van der Waals surface area (Å²) >= 11 is 0. The zero-order valence-corrected chi connectivity index (χ0v) is 9.10. The second-order valence-corrected chi connectivity index (χ2v) is 4.31. The number of benzene rings is 2. The van der Waals surface area contributed by atoms with Crippen LogP contribution < -0.4 is 5.73 Å². The van der Waals surface area contributed by atoms with Crippen LogP contribution in [0.15, 0.2) is 42.5 Å². The first-order valence-corrected chi connectivity index (χ1v) is 5.71. The van der Waals surface area contributed by atoms with E-state index in [1.54, 1.807) is 0 Å². The van der Waals surface area contributed by atoms with E-state index in [1.807, 2.05) is 0 Å². The van der Waals surface area contributed by atoms with E-state index in [4.69, 9.17) is 10.5 Å². The summed E-state index contributed by atoms with van der Waals surface area (Å²) < 4.78 is 5.73. The summed E-state index contributed by atoms with van der Waals surface area (Å²) in [5, 5.41) is 2.51. The number of fused-ring (bicyclic) bond motifs is 1. The predicted molar refractivity (Wildman–Crippen MR) is 65.2 cm³/mol. The van der Waals surface area contributed by atoms with E-state index in [0.29, 0.717) is 0 Å². The van der Waals surface area contributed by atoms with Gasteiger partial charge in [-0.3, -0.25) is 0 Å². The van der Waals surface area contributed by atoms with Gasteiger partial charge in [0.2, 0.25) is 0 Å². The molecule has 0 aromatic heterocycles. The Labute approximate surface area is 95.0 Å². The molecule has 1 saturated heterocycles. The van der Waals surface area contributed by atoms with Crippen LogP contribution in [0.3, 0.4) is 0 Å². The fourth-order valence-corrected chi connectivity index (χ4v) is 2.43. The maximum atomic E-state index is 6.08. The molecule has 1 aliphatic rings. The van der Waals surface area contributed by atoms with Crippen molar-refractivity contribution in [3.05, 3.63) is 48.0 Å². The van der Waals surface area contributed by atoms with Crippen molar-refractivity contribution in [1.82, 2.24) is 0 Å². The maximum absolute atomic E-state index is 6.08. The summed E-state index contributed by atoms with van der Waals surface area (Å²) in [5.74, 6) is 0. The van der Waals surface area contributed by atoms with E-state index in [-0.39, 0.29) is 12.1 Å². The fraction of sp³-hybridized carbons (Fsp3) is 0.286. The normalized spacial score (nSPS) is 25.1. The molecule has 2 unspecified atom stereocenters. The Morgan fingerprint density at radius 1 is 1.06 bits per heavy atom. The van der Waals surface area contributed by atoms with Crippen molar-refractivity contribution in [1.29, 1.82) is 0 Å². The Hall–Kier alpha value is -1.38. The molecule has 2 aromatic carbocycles. The van der Waals surface area contributed by atoms with E-state index < -0.39 is 0 Å². The van der Waals surface area contributed by atoms with Gasteiger partial charge in [-0.25, -0.2) is 0 Å². The monoisotopic (exact) mass is 213 g/mol. The lowest BCUT2D eigenvalue weighted by atomic mass is 9.97. The Morgan fingerprint density at radius 3 is 2.69 bits per heavy atom. The molecule has 1 heterocycles. The van der Waals surface area contributed by atoms with Gasteiger partial charge in [-0.05, 0) is 22.8 Å². The van der Waals surface area contributed by atoms with Gasteiger partial charge < -0.3 is 10.5 Å². The van der Waals surface area contributed by atoms with E-state index in [0.717, 1.165) is 13.0 Å². The average Bonchev–Trinajstić information content (AvgIpc) is 2.75. The first kappa shape index (κ1) is 9.82. The van der Waals surface area contributed by atoms with Crippen LogP contribution in [-0.4, -0.2) is 12.6 Å². The van der Waals surface area contributed by atoms with Crippen LogP contribution in [0.2, 0.25) is 0 Å². The molecule has 3 rings (SSSR count). The summed E-state index contributed by atoms with van der Waals surface area (Å²) in [5.41, 5.74) is 7.30. The van der Waals surface area contributed by atoms with Crippen LogP contribution in [-0.2, 0) is 4.74 Å². The molecule has 0 amide bonds. The summed E-state index contributed by atoms with van der Waals surface area (Å²) in [6.45, 7) is 0.773. The Balaban J connectivity index is 2.16. The molecule has 1 aliphatic heterocycles. The van der Waals surface area contributed by atoms with E-state index in [9.17, 15) is 0 Å². The van der Waals surface area contributed by atoms with Crippen molar-refractivity contribution in [3.8, 4) is 0 Å². The van der Waals surface area contributed by atoms with Crippen LogP contribution in [0.1, 0.15) is 18.1 Å². The van der Waals surface area contributed by atoms with Gasteiger partial charge in [0.1, 0.15) is 0 Å². The third-order valence-electron chi connectivity index (χ3n) is 3.27. The van der Waals surface area contributed by atoms with E-state index >= 15 is 0 Å². The highest BCUT2D eigenvalue weighted by molar-refractivity contribution is 5.86. The van der Waals surface area contributed by atoms with Gasteiger partial charge in [-0.1, -0.05) is 42.5 Å². The van der Waals surface area contributed by atoms with Gasteiger partial charge in [-0.2, -0.15) is 0 Å². The molecule has 2 aromatic rings. The van der Waals surface area contributed by atoms with Crippen LogP contribution in [0.25, 0.3) is 10.8 Å². The van der Waals surface area contributed by atoms with Gasteiger partial charge in [0, 0.05) is 12.6 Å². The second-order valence-electron chi connectivity index (χ2n) is 4.31. The average molecular weight is 213 g/mol. The Morgan fingerprint density at radius 2 is 1.88 bits per heavy atom. The van der Waals surface area contributed by atoms with Gasteiger partial charge in [0.15, 0.2) is 0 Å². The molecular weight excluding hydrogens is 198 g/mol. The molecule has 2 nitrogen and oxygen atoms in total. The van der Waals surface area contributed by atoms with Crippen LogP contribution in [0.4, 0.5) is 0 Å². The first-order valence-electron chi connectivity index (χ1n) is 5.71. The molecular formula is C14H15NO. The lowest BCUT2D eigenvalue weighted by Gasteiger charge is -2.17. The van der Waals surface area contributed by atoms with Gasteiger partial charge in [0.05, 0.1) is 6.10 Å². The number of hydrogen-bond acceptors (Lipinski definition) is 2. The quantitative estimate of drug-likeness (QED) is 0.790. The third-order valence-corrected chi connectivity index (χ3v) is 3.27. The predicted octanol–water partition coefficient (Wildman–Crippen LogP) is 2.63. The van der Waals surface area contributed by atoms with E-state index in [2.05, 4.69) is 42.5 Å². The van der Waals surface area contributed by atoms with Crippen molar-refractivity contribution in [3.63, 3.8) is 0 Å². The lowest BCUT2D eigenvalue weighted by molar-refractivity contribution is 0.106. The Bertz CT molecular complexity index is 504. The zero-order valence-electron chi connectivity index (χ0n) is 9.10. The summed E-state index contributed by atoms with van der Waals surface area (Å²) in [7, 11) is 0. The molecule has 2 N–H and O–H groups in total. The smallest absolute Gasteiger partial charge is 0.0982 e. The fourth-order valence-electron chi connectivity index (χ4n) is 2.43. The summed E-state index contributed by atoms with van der Waals surface area (Å²) in [6.07, 6.45) is 1.01. The highest BCUT2D eigenvalue weighted by Gasteiger charge is 2.27. The molecule has 16 heavy (non-hydrogen) atoms. The molecule has 1 fully saturated rings. The third kappa shape index (κ3) is 1.51. The second kappa shape index (κ2) is 3.89. The maximum Gasteiger partial charge on any atom is 0.0982 e. The van der Waals surface area contributed by atoms with Crippen molar-refractivity contribution in [2.24, 2.45) is 5.73 Å². The molecule has 0 bridgehead atoms.